The third kappa shape index (κ3) is 6.92. The lowest BCUT2D eigenvalue weighted by molar-refractivity contribution is -0.387. The minimum Gasteiger partial charge on any atom is -0.407 e. The normalized spacial score (nSPS) is 14.2. The average molecular weight is 541 g/mol. The average Bonchev–Trinajstić information content (AvgIpc) is 2.80. The minimum absolute atomic E-state index is 0.126. The van der Waals surface area contributed by atoms with Crippen molar-refractivity contribution in [3.8, 4) is 0 Å². The van der Waals surface area contributed by atoms with Crippen LogP contribution in [0.25, 0.3) is 0 Å². The summed E-state index contributed by atoms with van der Waals surface area (Å²) in [5, 5.41) is 12.6. The second-order valence-corrected chi connectivity index (χ2v) is 17.3. The van der Waals surface area contributed by atoms with E-state index >= 15 is 0 Å². The summed E-state index contributed by atoms with van der Waals surface area (Å²) < 4.78 is 35.6. The van der Waals surface area contributed by atoms with Crippen LogP contribution in [0.5, 0.6) is 0 Å². The molecule has 0 spiro atoms. The van der Waals surface area contributed by atoms with Crippen LogP contribution in [0.1, 0.15) is 52.7 Å². The van der Waals surface area contributed by atoms with Gasteiger partial charge in [0.2, 0.25) is 18.3 Å². The van der Waals surface area contributed by atoms with E-state index in [0.29, 0.717) is 5.56 Å². The molecule has 3 rings (SSSR count). The Hall–Kier alpha value is -2.85. The molecule has 0 saturated heterocycles. The Kier molecular flexibility index (Phi) is 8.43. The van der Waals surface area contributed by atoms with Crippen LogP contribution >= 0.6 is 0 Å². The van der Waals surface area contributed by atoms with E-state index in [1.807, 2.05) is 36.4 Å². The van der Waals surface area contributed by atoms with E-state index in [0.717, 1.165) is 16.8 Å². The standard InChI is InChI=1S/C28H36N2O5SSi/c1-27(2,3)29-36(33,34)26-19-23(17-18-25(26)30(31)32)20-35-37(28(4,5)6,24-15-11-8-12-16-24)21-22-13-9-7-10-14-22/h7-19,29H,20-21H2,1-6H3. The van der Waals surface area contributed by atoms with Gasteiger partial charge in [-0.3, -0.25) is 10.1 Å². The first-order valence-electron chi connectivity index (χ1n) is 12.2. The number of nitrogens with zero attached hydrogens (tertiary/aromatic N) is 1. The molecule has 0 aliphatic rings. The predicted molar refractivity (Wildman–Crippen MR) is 150 cm³/mol. The molecule has 1 atom stereocenters. The molecule has 0 fully saturated rings. The molecule has 198 valence electrons. The zero-order chi connectivity index (χ0) is 27.5. The van der Waals surface area contributed by atoms with E-state index in [4.69, 9.17) is 4.43 Å². The highest BCUT2D eigenvalue weighted by Crippen LogP contribution is 2.40. The number of sulfonamides is 1. The number of hydrogen-bond donors (Lipinski definition) is 1. The largest absolute Gasteiger partial charge is 0.407 e. The Balaban J connectivity index is 2.08. The van der Waals surface area contributed by atoms with Crippen LogP contribution < -0.4 is 9.91 Å². The van der Waals surface area contributed by atoms with Crippen LogP contribution in [0.4, 0.5) is 5.69 Å². The van der Waals surface area contributed by atoms with Gasteiger partial charge in [0, 0.05) is 11.6 Å². The van der Waals surface area contributed by atoms with Crippen molar-refractivity contribution in [3.63, 3.8) is 0 Å². The summed E-state index contributed by atoms with van der Waals surface area (Å²) in [6.07, 6.45) is 0. The molecule has 0 amide bonds. The third-order valence-corrected chi connectivity index (χ3v) is 13.2. The lowest BCUT2D eigenvalue weighted by atomic mass is 10.1. The summed E-state index contributed by atoms with van der Waals surface area (Å²) in [4.78, 5) is 10.6. The van der Waals surface area contributed by atoms with Gasteiger partial charge in [-0.2, -0.15) is 0 Å². The zero-order valence-corrected chi connectivity index (χ0v) is 24.1. The topological polar surface area (TPSA) is 98.5 Å². The number of nitrogens with one attached hydrogen (secondary N) is 1. The van der Waals surface area contributed by atoms with Gasteiger partial charge < -0.3 is 4.43 Å². The highest BCUT2D eigenvalue weighted by molar-refractivity contribution is 7.89. The highest BCUT2D eigenvalue weighted by Gasteiger charge is 2.48. The molecular weight excluding hydrogens is 504 g/mol. The molecule has 0 heterocycles. The van der Waals surface area contributed by atoms with Crippen molar-refractivity contribution < 1.29 is 17.8 Å². The van der Waals surface area contributed by atoms with Gasteiger partial charge in [-0.25, -0.2) is 13.1 Å². The van der Waals surface area contributed by atoms with Crippen molar-refractivity contribution >= 4 is 29.2 Å². The first-order chi connectivity index (χ1) is 17.1. The smallest absolute Gasteiger partial charge is 0.289 e. The second-order valence-electron chi connectivity index (χ2n) is 11.3. The number of rotatable bonds is 9. The molecule has 0 aliphatic carbocycles. The highest BCUT2D eigenvalue weighted by atomic mass is 32.2. The van der Waals surface area contributed by atoms with Crippen LogP contribution in [0.3, 0.4) is 0 Å². The molecule has 3 aromatic rings. The van der Waals surface area contributed by atoms with Crippen molar-refractivity contribution in [2.75, 3.05) is 0 Å². The molecule has 1 N–H and O–H groups in total. The molecule has 3 aromatic carbocycles. The second kappa shape index (κ2) is 10.9. The lowest BCUT2D eigenvalue weighted by Crippen LogP contribution is -2.59. The van der Waals surface area contributed by atoms with Gasteiger partial charge in [0.15, 0.2) is 4.90 Å². The number of nitro groups is 1. The third-order valence-electron chi connectivity index (χ3n) is 6.18. The van der Waals surface area contributed by atoms with E-state index in [1.165, 1.54) is 12.1 Å². The van der Waals surface area contributed by atoms with Gasteiger partial charge >= 0.3 is 0 Å². The lowest BCUT2D eigenvalue weighted by Gasteiger charge is -2.43. The molecule has 0 radical (unpaired) electrons. The fourth-order valence-electron chi connectivity index (χ4n) is 4.42. The van der Waals surface area contributed by atoms with Gasteiger partial charge in [-0.15, -0.1) is 0 Å². The number of benzene rings is 3. The molecule has 9 heteroatoms. The predicted octanol–water partition coefficient (Wildman–Crippen LogP) is 5.62. The van der Waals surface area contributed by atoms with Gasteiger partial charge in [-0.05, 0) is 60.3 Å². The Morgan fingerprint density at radius 3 is 1.95 bits per heavy atom. The van der Waals surface area contributed by atoms with E-state index in [9.17, 15) is 18.5 Å². The zero-order valence-electron chi connectivity index (χ0n) is 22.3. The van der Waals surface area contributed by atoms with Crippen LogP contribution in [-0.2, 0) is 27.1 Å². The summed E-state index contributed by atoms with van der Waals surface area (Å²) in [5.41, 5.74) is 0.461. The Morgan fingerprint density at radius 1 is 0.865 bits per heavy atom. The molecule has 0 aliphatic heterocycles. The minimum atomic E-state index is -4.13. The van der Waals surface area contributed by atoms with Gasteiger partial charge in [0.1, 0.15) is 0 Å². The molecule has 7 nitrogen and oxygen atoms in total. The van der Waals surface area contributed by atoms with E-state index in [-0.39, 0.29) is 16.5 Å². The van der Waals surface area contributed by atoms with Crippen LogP contribution in [0.15, 0.2) is 83.8 Å². The molecule has 0 aromatic heterocycles. The van der Waals surface area contributed by atoms with Gasteiger partial charge in [0.25, 0.3) is 5.69 Å². The molecule has 37 heavy (non-hydrogen) atoms. The SMILES string of the molecule is CC(C)(C)NS(=O)(=O)c1cc(CO[Si](Cc2ccccc2)(c2ccccc2)C(C)(C)C)ccc1[N+](=O)[O-]. The fraction of sp³-hybridized carbons (Fsp3) is 0.357. The Bertz CT molecular complexity index is 1330. The molecule has 0 saturated carbocycles. The number of hydrogen-bond acceptors (Lipinski definition) is 5. The van der Waals surface area contributed by atoms with Crippen molar-refractivity contribution in [2.45, 2.75) is 69.7 Å². The van der Waals surface area contributed by atoms with Crippen molar-refractivity contribution in [2.24, 2.45) is 0 Å². The van der Waals surface area contributed by atoms with E-state index < -0.39 is 34.5 Å². The first kappa shape index (κ1) is 28.7. The summed E-state index contributed by atoms with van der Waals surface area (Å²) >= 11 is 0. The maximum absolute atomic E-state index is 13.1. The summed E-state index contributed by atoms with van der Waals surface area (Å²) in [6.45, 7) is 11.7. The van der Waals surface area contributed by atoms with Crippen LogP contribution in [0.2, 0.25) is 5.04 Å². The summed E-state index contributed by atoms with van der Waals surface area (Å²) in [7, 11) is -6.87. The Labute approximate surface area is 221 Å². The van der Waals surface area contributed by atoms with E-state index in [2.05, 4.69) is 49.8 Å². The van der Waals surface area contributed by atoms with Crippen LogP contribution in [0, 0.1) is 10.1 Å². The summed E-state index contributed by atoms with van der Waals surface area (Å²) in [5.74, 6) is 0. The van der Waals surface area contributed by atoms with Gasteiger partial charge in [-0.1, -0.05) is 81.4 Å². The van der Waals surface area contributed by atoms with Crippen LogP contribution in [-0.4, -0.2) is 27.2 Å². The van der Waals surface area contributed by atoms with Crippen molar-refractivity contribution in [3.05, 3.63) is 100 Å². The molecule has 0 bridgehead atoms. The van der Waals surface area contributed by atoms with Gasteiger partial charge in [0.05, 0.1) is 11.5 Å². The molecular formula is C28H36N2O5SSi. The van der Waals surface area contributed by atoms with Crippen molar-refractivity contribution in [1.82, 2.24) is 4.72 Å². The van der Waals surface area contributed by atoms with Crippen molar-refractivity contribution in [1.29, 1.82) is 0 Å². The Morgan fingerprint density at radius 2 is 1.43 bits per heavy atom. The fourth-order valence-corrected chi connectivity index (χ4v) is 10.3. The first-order valence-corrected chi connectivity index (χ1v) is 15.8. The maximum Gasteiger partial charge on any atom is 0.289 e. The maximum atomic E-state index is 13.1. The monoisotopic (exact) mass is 540 g/mol. The molecule has 1 unspecified atom stereocenters. The quantitative estimate of drug-likeness (QED) is 0.216. The number of nitro benzene ring substituents is 1. The van der Waals surface area contributed by atoms with E-state index in [1.54, 1.807) is 26.8 Å². The summed E-state index contributed by atoms with van der Waals surface area (Å²) in [6, 6.07) is 25.3.